The van der Waals surface area contributed by atoms with Crippen molar-refractivity contribution in [1.82, 2.24) is 4.90 Å². The van der Waals surface area contributed by atoms with E-state index >= 15 is 0 Å². The third-order valence-corrected chi connectivity index (χ3v) is 3.03. The van der Waals surface area contributed by atoms with Crippen molar-refractivity contribution < 1.29 is 14.7 Å². The highest BCUT2D eigenvalue weighted by Gasteiger charge is 2.37. The molecule has 1 N–H and O–H groups in total. The van der Waals surface area contributed by atoms with E-state index in [9.17, 15) is 14.7 Å². The number of carbonyl (C=O) groups excluding carboxylic acids is 2. The minimum Gasteiger partial charge on any atom is -0.391 e. The molecule has 1 fully saturated rings. The van der Waals surface area contributed by atoms with E-state index in [2.05, 4.69) is 0 Å². The Morgan fingerprint density at radius 1 is 1.29 bits per heavy atom. The highest BCUT2D eigenvalue weighted by molar-refractivity contribution is 5.98. The van der Waals surface area contributed by atoms with Crippen LogP contribution in [0.15, 0.2) is 30.3 Å². The molecule has 2 atom stereocenters. The van der Waals surface area contributed by atoms with Crippen molar-refractivity contribution in [3.05, 3.63) is 35.9 Å². The fourth-order valence-electron chi connectivity index (χ4n) is 2.17. The van der Waals surface area contributed by atoms with Gasteiger partial charge in [-0.05, 0) is 19.1 Å². The molecule has 0 spiro atoms. The minimum atomic E-state index is -0.600. The van der Waals surface area contributed by atoms with E-state index < -0.39 is 12.1 Å². The van der Waals surface area contributed by atoms with Gasteiger partial charge in [0.2, 0.25) is 0 Å². The van der Waals surface area contributed by atoms with Gasteiger partial charge in [-0.15, -0.1) is 0 Å². The average Bonchev–Trinajstić information content (AvgIpc) is 2.72. The Labute approximate surface area is 99.9 Å². The number of β-amino-alcohol motifs (C(OH)–C–C–N with tert-alkyl or cyclic N) is 1. The maximum atomic E-state index is 12.2. The summed E-state index contributed by atoms with van der Waals surface area (Å²) in [5.74, 6) is -0.270. The fourth-order valence-corrected chi connectivity index (χ4v) is 2.17. The molecule has 0 aliphatic carbocycles. The van der Waals surface area contributed by atoms with Gasteiger partial charge in [-0.2, -0.15) is 0 Å². The summed E-state index contributed by atoms with van der Waals surface area (Å²) in [7, 11) is 0. The van der Waals surface area contributed by atoms with Crippen LogP contribution in [0.25, 0.3) is 0 Å². The first-order valence-corrected chi connectivity index (χ1v) is 5.64. The number of ketones is 1. The number of Topliss-reactive ketones (excluding diaryl/α,β-unsaturated/α-hetero) is 1. The minimum absolute atomic E-state index is 0.0779. The summed E-state index contributed by atoms with van der Waals surface area (Å²) in [4.78, 5) is 25.1. The second-order valence-corrected chi connectivity index (χ2v) is 4.34. The van der Waals surface area contributed by atoms with E-state index in [1.54, 1.807) is 24.3 Å². The molecule has 4 heteroatoms. The molecule has 1 amide bonds. The van der Waals surface area contributed by atoms with Crippen molar-refractivity contribution in [2.75, 3.05) is 6.54 Å². The Balaban J connectivity index is 2.22. The third kappa shape index (κ3) is 2.36. The predicted octanol–water partition coefficient (Wildman–Crippen LogP) is 0.851. The smallest absolute Gasteiger partial charge is 0.254 e. The molecule has 1 aromatic carbocycles. The number of benzene rings is 1. The van der Waals surface area contributed by atoms with Gasteiger partial charge in [0.1, 0.15) is 0 Å². The standard InChI is InChI=1S/C13H15NO3/c1-9(15)12-7-11(16)8-14(12)13(17)10-5-3-2-4-6-10/h2-6,11-12,16H,7-8H2,1H3/t11-,12-/m1/s1. The number of amides is 1. The lowest BCUT2D eigenvalue weighted by molar-refractivity contribution is -0.120. The van der Waals surface area contributed by atoms with E-state index in [1.165, 1.54) is 11.8 Å². The summed E-state index contributed by atoms with van der Waals surface area (Å²) < 4.78 is 0. The first-order valence-electron chi connectivity index (χ1n) is 5.64. The van der Waals surface area contributed by atoms with Gasteiger partial charge in [0.15, 0.2) is 5.78 Å². The van der Waals surface area contributed by atoms with Crippen molar-refractivity contribution in [1.29, 1.82) is 0 Å². The number of aliphatic hydroxyl groups excluding tert-OH is 1. The van der Waals surface area contributed by atoms with Crippen LogP contribution in [0.5, 0.6) is 0 Å². The molecule has 90 valence electrons. The maximum Gasteiger partial charge on any atom is 0.254 e. The summed E-state index contributed by atoms with van der Waals surface area (Å²) in [6.07, 6.45) is -0.259. The first-order chi connectivity index (χ1) is 8.09. The van der Waals surface area contributed by atoms with Crippen molar-refractivity contribution in [2.24, 2.45) is 0 Å². The topological polar surface area (TPSA) is 57.6 Å². The fraction of sp³-hybridized carbons (Fsp3) is 0.385. The van der Waals surface area contributed by atoms with Gasteiger partial charge in [0.05, 0.1) is 12.1 Å². The molecular weight excluding hydrogens is 218 g/mol. The van der Waals surface area contributed by atoms with E-state index in [1.807, 2.05) is 6.07 Å². The maximum absolute atomic E-state index is 12.2. The van der Waals surface area contributed by atoms with Gasteiger partial charge >= 0.3 is 0 Å². The van der Waals surface area contributed by atoms with Crippen molar-refractivity contribution in [3.8, 4) is 0 Å². The zero-order chi connectivity index (χ0) is 12.4. The Bertz CT molecular complexity index is 430. The van der Waals surface area contributed by atoms with Crippen molar-refractivity contribution in [3.63, 3.8) is 0 Å². The van der Waals surface area contributed by atoms with Crippen molar-refractivity contribution in [2.45, 2.75) is 25.5 Å². The summed E-state index contributed by atoms with van der Waals surface area (Å²) in [5.41, 5.74) is 0.549. The first kappa shape index (κ1) is 11.8. The van der Waals surface area contributed by atoms with E-state index in [0.717, 1.165) is 0 Å². The van der Waals surface area contributed by atoms with E-state index in [-0.39, 0.29) is 18.2 Å². The highest BCUT2D eigenvalue weighted by atomic mass is 16.3. The SMILES string of the molecule is CC(=O)[C@H]1C[C@@H](O)CN1C(=O)c1ccccc1. The van der Waals surface area contributed by atoms with E-state index in [4.69, 9.17) is 0 Å². The van der Waals surface area contributed by atoms with Crippen LogP contribution in [-0.2, 0) is 4.79 Å². The Morgan fingerprint density at radius 3 is 2.53 bits per heavy atom. The van der Waals surface area contributed by atoms with Crippen LogP contribution in [0.2, 0.25) is 0 Å². The highest BCUT2D eigenvalue weighted by Crippen LogP contribution is 2.21. The molecular formula is C13H15NO3. The number of hydrogen-bond acceptors (Lipinski definition) is 3. The quantitative estimate of drug-likeness (QED) is 0.824. The summed E-state index contributed by atoms with van der Waals surface area (Å²) >= 11 is 0. The third-order valence-electron chi connectivity index (χ3n) is 3.03. The molecule has 4 nitrogen and oxygen atoms in total. The molecule has 0 aromatic heterocycles. The molecule has 1 aliphatic heterocycles. The molecule has 17 heavy (non-hydrogen) atoms. The second-order valence-electron chi connectivity index (χ2n) is 4.34. The Morgan fingerprint density at radius 2 is 1.94 bits per heavy atom. The lowest BCUT2D eigenvalue weighted by Crippen LogP contribution is -2.39. The molecule has 0 unspecified atom stereocenters. The number of hydrogen-bond donors (Lipinski definition) is 1. The molecule has 0 bridgehead atoms. The van der Waals surface area contributed by atoms with Gasteiger partial charge in [0, 0.05) is 18.5 Å². The van der Waals surface area contributed by atoms with Crippen molar-refractivity contribution >= 4 is 11.7 Å². The van der Waals surface area contributed by atoms with Crippen LogP contribution in [0.1, 0.15) is 23.7 Å². The molecule has 1 saturated heterocycles. The van der Waals surface area contributed by atoms with Crippen LogP contribution in [0, 0.1) is 0 Å². The van der Waals surface area contributed by atoms with Crippen LogP contribution in [-0.4, -0.2) is 40.4 Å². The zero-order valence-corrected chi connectivity index (χ0v) is 9.67. The number of nitrogens with zero attached hydrogens (tertiary/aromatic N) is 1. The second kappa shape index (κ2) is 4.67. The number of rotatable bonds is 2. The Kier molecular flexibility index (Phi) is 3.24. The molecule has 0 saturated carbocycles. The van der Waals surface area contributed by atoms with Gasteiger partial charge in [-0.3, -0.25) is 9.59 Å². The molecule has 1 aromatic rings. The van der Waals surface area contributed by atoms with Crippen LogP contribution < -0.4 is 0 Å². The largest absolute Gasteiger partial charge is 0.391 e. The molecule has 2 rings (SSSR count). The number of carbonyl (C=O) groups is 2. The zero-order valence-electron chi connectivity index (χ0n) is 9.67. The molecule has 1 heterocycles. The summed E-state index contributed by atoms with van der Waals surface area (Å²) in [6, 6.07) is 8.33. The van der Waals surface area contributed by atoms with Crippen LogP contribution in [0.4, 0.5) is 0 Å². The summed E-state index contributed by atoms with van der Waals surface area (Å²) in [6.45, 7) is 1.69. The normalized spacial score (nSPS) is 23.8. The van der Waals surface area contributed by atoms with Gasteiger partial charge in [-0.1, -0.05) is 18.2 Å². The Hall–Kier alpha value is -1.68. The summed E-state index contributed by atoms with van der Waals surface area (Å²) in [5, 5.41) is 9.57. The number of likely N-dealkylation sites (tertiary alicyclic amines) is 1. The molecule has 1 aliphatic rings. The van der Waals surface area contributed by atoms with Crippen LogP contribution >= 0.6 is 0 Å². The van der Waals surface area contributed by atoms with Gasteiger partial charge < -0.3 is 10.0 Å². The molecule has 0 radical (unpaired) electrons. The van der Waals surface area contributed by atoms with E-state index in [0.29, 0.717) is 12.0 Å². The lowest BCUT2D eigenvalue weighted by Gasteiger charge is -2.22. The van der Waals surface area contributed by atoms with Crippen LogP contribution in [0.3, 0.4) is 0 Å². The average molecular weight is 233 g/mol. The number of aliphatic hydroxyl groups is 1. The van der Waals surface area contributed by atoms with Gasteiger partial charge in [0.25, 0.3) is 5.91 Å². The predicted molar refractivity (Wildman–Crippen MR) is 62.6 cm³/mol. The van der Waals surface area contributed by atoms with Gasteiger partial charge in [-0.25, -0.2) is 0 Å². The lowest BCUT2D eigenvalue weighted by atomic mass is 10.1. The monoisotopic (exact) mass is 233 g/mol.